The maximum atomic E-state index is 12.9. The van der Waals surface area contributed by atoms with E-state index in [-0.39, 0.29) is 5.97 Å². The highest BCUT2D eigenvalue weighted by Gasteiger charge is 2.31. The van der Waals surface area contributed by atoms with Crippen LogP contribution in [0.1, 0.15) is 22.3 Å². The van der Waals surface area contributed by atoms with Gasteiger partial charge in [-0.3, -0.25) is 0 Å². The van der Waals surface area contributed by atoms with Crippen molar-refractivity contribution >= 4 is 23.2 Å². The van der Waals surface area contributed by atoms with Gasteiger partial charge in [-0.15, -0.1) is 0 Å². The molecule has 4 aromatic carbocycles. The van der Waals surface area contributed by atoms with Crippen LogP contribution >= 0.6 is 0 Å². The van der Waals surface area contributed by atoms with Gasteiger partial charge in [0.1, 0.15) is 18.1 Å². The molecule has 0 unspecified atom stereocenters. The third-order valence-electron chi connectivity index (χ3n) is 5.43. The normalized spacial score (nSPS) is 14.4. The smallest absolute Gasteiger partial charge is 0.344 e. The molecule has 0 saturated heterocycles. The minimum absolute atomic E-state index is 0.345. The maximum absolute atomic E-state index is 12.9. The molecule has 1 aliphatic rings. The molecule has 0 radical (unpaired) electrons. The summed E-state index contributed by atoms with van der Waals surface area (Å²) in [6.07, 6.45) is 1.89. The van der Waals surface area contributed by atoms with E-state index in [1.165, 1.54) is 0 Å². The van der Waals surface area contributed by atoms with Gasteiger partial charge >= 0.3 is 5.97 Å². The summed E-state index contributed by atoms with van der Waals surface area (Å²) in [6.45, 7) is 0.489. The Bertz CT molecular complexity index is 1320. The van der Waals surface area contributed by atoms with E-state index in [0.717, 1.165) is 33.6 Å². The van der Waals surface area contributed by atoms with E-state index < -0.39 is 0 Å². The third kappa shape index (κ3) is 4.63. The molecule has 0 spiro atoms. The lowest BCUT2D eigenvalue weighted by Crippen LogP contribution is -1.98. The van der Waals surface area contributed by atoms with Crippen LogP contribution in [0.15, 0.2) is 121 Å². The Labute approximate surface area is 193 Å². The summed E-state index contributed by atoms with van der Waals surface area (Å²) in [6, 6.07) is 37.3. The van der Waals surface area contributed by atoms with Crippen molar-refractivity contribution in [1.29, 1.82) is 0 Å². The largest absolute Gasteiger partial charge is 0.489 e. The molecule has 0 atom stereocenters. The predicted molar refractivity (Wildman–Crippen MR) is 131 cm³/mol. The summed E-state index contributed by atoms with van der Waals surface area (Å²) in [5, 5.41) is 0. The summed E-state index contributed by atoms with van der Waals surface area (Å²) in [5.74, 6) is 0.944. The molecule has 160 valence electrons. The second-order valence-corrected chi connectivity index (χ2v) is 7.73. The van der Waals surface area contributed by atoms with E-state index in [9.17, 15) is 4.79 Å². The van der Waals surface area contributed by atoms with Crippen molar-refractivity contribution in [3.05, 3.63) is 143 Å². The SMILES string of the molecule is O=C1OC(=Cc2cccc(OCc3ccccc3)c2)C(c2ccccc2)=C1c1ccccc1. The first-order chi connectivity index (χ1) is 16.3. The summed E-state index contributed by atoms with van der Waals surface area (Å²) in [5.41, 5.74) is 5.14. The van der Waals surface area contributed by atoms with Crippen LogP contribution in [0.4, 0.5) is 0 Å². The number of benzene rings is 4. The van der Waals surface area contributed by atoms with Crippen LogP contribution in [0, 0.1) is 0 Å². The van der Waals surface area contributed by atoms with Crippen LogP contribution in [0.3, 0.4) is 0 Å². The first kappa shape index (κ1) is 20.5. The predicted octanol–water partition coefficient (Wildman–Crippen LogP) is 6.77. The van der Waals surface area contributed by atoms with Gasteiger partial charge in [0.2, 0.25) is 0 Å². The van der Waals surface area contributed by atoms with Crippen LogP contribution in [-0.2, 0) is 16.1 Å². The molecule has 5 rings (SSSR count). The van der Waals surface area contributed by atoms with Crippen LogP contribution in [0.5, 0.6) is 5.75 Å². The molecule has 3 nitrogen and oxygen atoms in total. The minimum Gasteiger partial charge on any atom is -0.489 e. The van der Waals surface area contributed by atoms with Gasteiger partial charge < -0.3 is 9.47 Å². The number of rotatable bonds is 6. The molecule has 0 aromatic heterocycles. The molecule has 1 aliphatic heterocycles. The standard InChI is InChI=1S/C30H22O3/c31-30-29(25-16-8-3-9-17-25)28(24-14-6-2-7-15-24)27(33-30)20-23-13-10-18-26(19-23)32-21-22-11-4-1-5-12-22/h1-20H,21H2. The van der Waals surface area contributed by atoms with Gasteiger partial charge in [-0.1, -0.05) is 103 Å². The van der Waals surface area contributed by atoms with Crippen molar-refractivity contribution in [3.8, 4) is 5.75 Å². The fourth-order valence-electron chi connectivity index (χ4n) is 3.87. The summed E-state index contributed by atoms with van der Waals surface area (Å²) < 4.78 is 11.7. The quantitative estimate of drug-likeness (QED) is 0.317. The number of hydrogen-bond donors (Lipinski definition) is 0. The summed E-state index contributed by atoms with van der Waals surface area (Å²) >= 11 is 0. The highest BCUT2D eigenvalue weighted by Crippen LogP contribution is 2.40. The Balaban J connectivity index is 1.51. The number of cyclic esters (lactones) is 1. The zero-order valence-corrected chi connectivity index (χ0v) is 18.0. The second kappa shape index (κ2) is 9.41. The summed E-state index contributed by atoms with van der Waals surface area (Å²) in [7, 11) is 0. The molecule has 3 heteroatoms. The number of esters is 1. The molecule has 4 aromatic rings. The van der Waals surface area contributed by atoms with Crippen LogP contribution < -0.4 is 4.74 Å². The zero-order chi connectivity index (χ0) is 22.5. The molecule has 0 aliphatic carbocycles. The minimum atomic E-state index is -0.345. The Hall–Kier alpha value is -4.37. The van der Waals surface area contributed by atoms with Crippen molar-refractivity contribution < 1.29 is 14.3 Å². The van der Waals surface area contributed by atoms with Crippen LogP contribution in [-0.4, -0.2) is 5.97 Å². The van der Waals surface area contributed by atoms with Crippen LogP contribution in [0.25, 0.3) is 17.2 Å². The van der Waals surface area contributed by atoms with Gasteiger partial charge in [-0.25, -0.2) is 4.79 Å². The first-order valence-corrected chi connectivity index (χ1v) is 10.8. The summed E-state index contributed by atoms with van der Waals surface area (Å²) in [4.78, 5) is 12.9. The van der Waals surface area contributed by atoms with Crippen molar-refractivity contribution in [3.63, 3.8) is 0 Å². The fourth-order valence-corrected chi connectivity index (χ4v) is 3.87. The van der Waals surface area contributed by atoms with Crippen molar-refractivity contribution in [2.24, 2.45) is 0 Å². The third-order valence-corrected chi connectivity index (χ3v) is 5.43. The number of carbonyl (C=O) groups excluding carboxylic acids is 1. The molecule has 0 amide bonds. The Morgan fingerprint density at radius 2 is 1.27 bits per heavy atom. The van der Waals surface area contributed by atoms with Gasteiger partial charge in [0.05, 0.1) is 5.57 Å². The van der Waals surface area contributed by atoms with Gasteiger partial charge in [0.25, 0.3) is 0 Å². The van der Waals surface area contributed by atoms with Gasteiger partial charge in [0.15, 0.2) is 0 Å². The van der Waals surface area contributed by atoms with E-state index in [1.54, 1.807) is 0 Å². The lowest BCUT2D eigenvalue weighted by molar-refractivity contribution is -0.131. The van der Waals surface area contributed by atoms with E-state index in [4.69, 9.17) is 9.47 Å². The highest BCUT2D eigenvalue weighted by molar-refractivity contribution is 6.30. The molecule has 0 bridgehead atoms. The fraction of sp³-hybridized carbons (Fsp3) is 0.0333. The molecular formula is C30H22O3. The van der Waals surface area contributed by atoms with E-state index in [1.807, 2.05) is 121 Å². The van der Waals surface area contributed by atoms with Gasteiger partial charge in [-0.2, -0.15) is 0 Å². The Morgan fingerprint density at radius 3 is 1.94 bits per heavy atom. The topological polar surface area (TPSA) is 35.5 Å². The average molecular weight is 431 g/mol. The monoisotopic (exact) mass is 430 g/mol. The number of allylic oxidation sites excluding steroid dienone is 1. The Morgan fingerprint density at radius 1 is 0.667 bits per heavy atom. The van der Waals surface area contributed by atoms with Crippen molar-refractivity contribution in [2.75, 3.05) is 0 Å². The second-order valence-electron chi connectivity index (χ2n) is 7.73. The molecular weight excluding hydrogens is 408 g/mol. The molecule has 33 heavy (non-hydrogen) atoms. The molecule has 0 saturated carbocycles. The van der Waals surface area contributed by atoms with E-state index >= 15 is 0 Å². The molecule has 0 N–H and O–H groups in total. The number of hydrogen-bond acceptors (Lipinski definition) is 3. The van der Waals surface area contributed by atoms with E-state index in [2.05, 4.69) is 0 Å². The van der Waals surface area contributed by atoms with Crippen molar-refractivity contribution in [2.45, 2.75) is 6.61 Å². The first-order valence-electron chi connectivity index (χ1n) is 10.8. The van der Waals surface area contributed by atoms with Crippen LogP contribution in [0.2, 0.25) is 0 Å². The lowest BCUT2D eigenvalue weighted by Gasteiger charge is -2.08. The highest BCUT2D eigenvalue weighted by atomic mass is 16.5. The van der Waals surface area contributed by atoms with E-state index in [0.29, 0.717) is 17.9 Å². The average Bonchev–Trinajstić information content (AvgIpc) is 3.20. The number of ether oxygens (including phenoxy) is 2. The molecule has 0 fully saturated rings. The van der Waals surface area contributed by atoms with Crippen molar-refractivity contribution in [1.82, 2.24) is 0 Å². The molecule has 1 heterocycles. The van der Waals surface area contributed by atoms with Gasteiger partial charge in [-0.05, 0) is 40.5 Å². The Kier molecular flexibility index (Phi) is 5.85. The zero-order valence-electron chi connectivity index (χ0n) is 18.0. The van der Waals surface area contributed by atoms with Gasteiger partial charge in [0, 0.05) is 5.57 Å². The lowest BCUT2D eigenvalue weighted by atomic mass is 9.94. The number of carbonyl (C=O) groups is 1. The maximum Gasteiger partial charge on any atom is 0.344 e.